The summed E-state index contributed by atoms with van der Waals surface area (Å²) in [7, 11) is 1.77. The summed E-state index contributed by atoms with van der Waals surface area (Å²) in [5.74, 6) is 0.471. The van der Waals surface area contributed by atoms with Gasteiger partial charge in [0, 0.05) is 31.7 Å². The summed E-state index contributed by atoms with van der Waals surface area (Å²) in [5, 5.41) is 3.28. The normalized spacial score (nSPS) is 10.5. The lowest BCUT2D eigenvalue weighted by atomic mass is 10.2. The van der Waals surface area contributed by atoms with Gasteiger partial charge in [0.1, 0.15) is 0 Å². The summed E-state index contributed by atoms with van der Waals surface area (Å²) in [4.78, 5) is 18.3. The van der Waals surface area contributed by atoms with Gasteiger partial charge in [-0.25, -0.2) is 0 Å². The van der Waals surface area contributed by atoms with Crippen LogP contribution in [0.2, 0.25) is 0 Å². The number of pyridine rings is 1. The molecule has 4 heteroatoms. The van der Waals surface area contributed by atoms with E-state index >= 15 is 0 Å². The Morgan fingerprint density at radius 1 is 1.24 bits per heavy atom. The highest BCUT2D eigenvalue weighted by molar-refractivity contribution is 6.05. The molecule has 0 unspecified atom stereocenters. The molecule has 0 spiro atoms. The minimum absolute atomic E-state index is 0.0677. The summed E-state index contributed by atoms with van der Waals surface area (Å²) in [6.07, 6.45) is 3.34. The SMILES string of the molecule is CC(C)CNc1cncc(C(=O)N(C)c2ccccc2)c1. The molecule has 0 radical (unpaired) electrons. The van der Waals surface area contributed by atoms with Crippen molar-refractivity contribution in [1.29, 1.82) is 0 Å². The zero-order valence-electron chi connectivity index (χ0n) is 12.7. The predicted molar refractivity (Wildman–Crippen MR) is 86.7 cm³/mol. The fraction of sp³-hybridized carbons (Fsp3) is 0.294. The molecule has 0 saturated heterocycles. The second-order valence-corrected chi connectivity index (χ2v) is 5.44. The summed E-state index contributed by atoms with van der Waals surface area (Å²) in [6.45, 7) is 5.13. The molecule has 0 fully saturated rings. The molecule has 0 bridgehead atoms. The predicted octanol–water partition coefficient (Wildman–Crippen LogP) is 3.43. The zero-order valence-corrected chi connectivity index (χ0v) is 12.7. The number of benzene rings is 1. The molecule has 1 aromatic carbocycles. The number of carbonyl (C=O) groups is 1. The minimum atomic E-state index is -0.0677. The Hall–Kier alpha value is -2.36. The maximum Gasteiger partial charge on any atom is 0.259 e. The molecule has 1 amide bonds. The van der Waals surface area contributed by atoms with Gasteiger partial charge in [0.2, 0.25) is 0 Å². The molecule has 4 nitrogen and oxygen atoms in total. The van der Waals surface area contributed by atoms with Crippen LogP contribution in [0.4, 0.5) is 11.4 Å². The molecule has 2 rings (SSSR count). The van der Waals surface area contributed by atoms with Crippen molar-refractivity contribution in [2.24, 2.45) is 5.92 Å². The maximum absolute atomic E-state index is 12.5. The molecule has 1 aromatic heterocycles. The quantitative estimate of drug-likeness (QED) is 0.914. The van der Waals surface area contributed by atoms with Gasteiger partial charge in [-0.15, -0.1) is 0 Å². The smallest absolute Gasteiger partial charge is 0.259 e. The Morgan fingerprint density at radius 2 is 1.95 bits per heavy atom. The van der Waals surface area contributed by atoms with Crippen LogP contribution in [0.1, 0.15) is 24.2 Å². The van der Waals surface area contributed by atoms with Gasteiger partial charge in [-0.2, -0.15) is 0 Å². The Labute approximate surface area is 125 Å². The van der Waals surface area contributed by atoms with Gasteiger partial charge >= 0.3 is 0 Å². The number of carbonyl (C=O) groups excluding carboxylic acids is 1. The van der Waals surface area contributed by atoms with Crippen LogP contribution in [0, 0.1) is 5.92 Å². The first-order valence-electron chi connectivity index (χ1n) is 7.10. The van der Waals surface area contributed by atoms with Gasteiger partial charge < -0.3 is 10.2 Å². The van der Waals surface area contributed by atoms with Gasteiger partial charge in [-0.3, -0.25) is 9.78 Å². The highest BCUT2D eigenvalue weighted by Crippen LogP contribution is 2.16. The van der Waals surface area contributed by atoms with Crippen LogP contribution in [-0.2, 0) is 0 Å². The van der Waals surface area contributed by atoms with Crippen molar-refractivity contribution in [3.05, 3.63) is 54.4 Å². The van der Waals surface area contributed by atoms with Crippen LogP contribution < -0.4 is 10.2 Å². The fourth-order valence-corrected chi connectivity index (χ4v) is 1.94. The average molecular weight is 283 g/mol. The zero-order chi connectivity index (χ0) is 15.2. The molecule has 0 atom stereocenters. The topological polar surface area (TPSA) is 45.2 Å². The third-order valence-corrected chi connectivity index (χ3v) is 3.15. The highest BCUT2D eigenvalue weighted by Gasteiger charge is 2.14. The van der Waals surface area contributed by atoms with E-state index in [4.69, 9.17) is 0 Å². The van der Waals surface area contributed by atoms with Crippen LogP contribution in [0.5, 0.6) is 0 Å². The standard InChI is InChI=1S/C17H21N3O/c1-13(2)10-19-15-9-14(11-18-12-15)17(21)20(3)16-7-5-4-6-8-16/h4-9,11-13,19H,10H2,1-3H3. The fourth-order valence-electron chi connectivity index (χ4n) is 1.94. The largest absolute Gasteiger partial charge is 0.384 e. The van der Waals surface area contributed by atoms with Crippen molar-refractivity contribution in [2.75, 3.05) is 23.8 Å². The van der Waals surface area contributed by atoms with Gasteiger partial charge in [0.05, 0.1) is 11.3 Å². The number of hydrogen-bond donors (Lipinski definition) is 1. The Bertz CT molecular complexity index is 596. The van der Waals surface area contributed by atoms with Crippen molar-refractivity contribution >= 4 is 17.3 Å². The van der Waals surface area contributed by atoms with E-state index in [1.807, 2.05) is 36.4 Å². The number of rotatable bonds is 5. The van der Waals surface area contributed by atoms with Crippen LogP contribution in [0.15, 0.2) is 48.8 Å². The molecule has 1 N–H and O–H groups in total. The van der Waals surface area contributed by atoms with Crippen molar-refractivity contribution in [3.8, 4) is 0 Å². The third-order valence-electron chi connectivity index (χ3n) is 3.15. The summed E-state index contributed by atoms with van der Waals surface area (Å²) >= 11 is 0. The van der Waals surface area contributed by atoms with Crippen LogP contribution in [0.3, 0.4) is 0 Å². The number of para-hydroxylation sites is 1. The van der Waals surface area contributed by atoms with Gasteiger partial charge in [0.25, 0.3) is 5.91 Å². The first kappa shape index (κ1) is 15.0. The van der Waals surface area contributed by atoms with E-state index in [9.17, 15) is 4.79 Å². The van der Waals surface area contributed by atoms with E-state index in [0.29, 0.717) is 11.5 Å². The Balaban J connectivity index is 2.14. The molecule has 0 aliphatic heterocycles. The lowest BCUT2D eigenvalue weighted by Gasteiger charge is -2.17. The van der Waals surface area contributed by atoms with Crippen molar-refractivity contribution in [2.45, 2.75) is 13.8 Å². The molecule has 0 saturated carbocycles. The number of amides is 1. The van der Waals surface area contributed by atoms with Crippen LogP contribution in [-0.4, -0.2) is 24.5 Å². The Kier molecular flexibility index (Phi) is 4.93. The maximum atomic E-state index is 12.5. The number of anilines is 2. The van der Waals surface area contributed by atoms with Crippen molar-refractivity contribution in [3.63, 3.8) is 0 Å². The number of nitrogens with one attached hydrogen (secondary N) is 1. The van der Waals surface area contributed by atoms with Crippen LogP contribution >= 0.6 is 0 Å². The number of hydrogen-bond acceptors (Lipinski definition) is 3. The molecule has 21 heavy (non-hydrogen) atoms. The summed E-state index contributed by atoms with van der Waals surface area (Å²) < 4.78 is 0. The molecular formula is C17H21N3O. The highest BCUT2D eigenvalue weighted by atomic mass is 16.2. The van der Waals surface area contributed by atoms with E-state index in [2.05, 4.69) is 24.1 Å². The minimum Gasteiger partial charge on any atom is -0.384 e. The average Bonchev–Trinajstić information content (AvgIpc) is 2.52. The van der Waals surface area contributed by atoms with Gasteiger partial charge in [0.15, 0.2) is 0 Å². The van der Waals surface area contributed by atoms with Gasteiger partial charge in [-0.05, 0) is 24.1 Å². The van der Waals surface area contributed by atoms with Crippen LogP contribution in [0.25, 0.3) is 0 Å². The molecule has 0 aliphatic carbocycles. The second-order valence-electron chi connectivity index (χ2n) is 5.44. The number of aromatic nitrogens is 1. The first-order chi connectivity index (χ1) is 10.1. The lowest BCUT2D eigenvalue weighted by Crippen LogP contribution is -2.26. The van der Waals surface area contributed by atoms with E-state index < -0.39 is 0 Å². The van der Waals surface area contributed by atoms with E-state index in [0.717, 1.165) is 17.9 Å². The van der Waals surface area contributed by atoms with Crippen molar-refractivity contribution in [1.82, 2.24) is 4.98 Å². The molecular weight excluding hydrogens is 262 g/mol. The third kappa shape index (κ3) is 4.05. The Morgan fingerprint density at radius 3 is 2.62 bits per heavy atom. The van der Waals surface area contributed by atoms with E-state index in [1.54, 1.807) is 24.3 Å². The number of nitrogens with zero attached hydrogens (tertiary/aromatic N) is 2. The van der Waals surface area contributed by atoms with E-state index in [1.165, 1.54) is 0 Å². The van der Waals surface area contributed by atoms with Gasteiger partial charge in [-0.1, -0.05) is 32.0 Å². The molecule has 2 aromatic rings. The summed E-state index contributed by atoms with van der Waals surface area (Å²) in [6, 6.07) is 11.4. The molecule has 1 heterocycles. The lowest BCUT2D eigenvalue weighted by molar-refractivity contribution is 0.0992. The summed E-state index contributed by atoms with van der Waals surface area (Å²) in [5.41, 5.74) is 2.31. The first-order valence-corrected chi connectivity index (χ1v) is 7.10. The monoisotopic (exact) mass is 283 g/mol. The van der Waals surface area contributed by atoms with Crippen molar-refractivity contribution < 1.29 is 4.79 Å². The van der Waals surface area contributed by atoms with E-state index in [-0.39, 0.29) is 5.91 Å². The second kappa shape index (κ2) is 6.88. The molecule has 110 valence electrons. The molecule has 0 aliphatic rings.